The van der Waals surface area contributed by atoms with Gasteiger partial charge in [-0.3, -0.25) is 4.79 Å². The third-order valence-corrected chi connectivity index (χ3v) is 3.23. The maximum Gasteiger partial charge on any atom is 0.273 e. The minimum Gasteiger partial charge on any atom is -0.361 e. The largest absolute Gasteiger partial charge is 0.361 e. The highest BCUT2D eigenvalue weighted by Gasteiger charge is 2.14. The Morgan fingerprint density at radius 2 is 2.05 bits per heavy atom. The van der Waals surface area contributed by atoms with Crippen molar-refractivity contribution in [3.8, 4) is 0 Å². The number of carbonyl (C=O) groups excluding carboxylic acids is 1. The van der Waals surface area contributed by atoms with Crippen LogP contribution in [0.2, 0.25) is 0 Å². The molecule has 2 rings (SSSR count). The van der Waals surface area contributed by atoms with Crippen LogP contribution in [0.1, 0.15) is 53.7 Å². The number of carbonyl (C=O) groups is 1. The normalized spacial score (nSPS) is 12.2. The summed E-state index contributed by atoms with van der Waals surface area (Å²) < 4.78 is 4.90. The molecule has 1 amide bonds. The van der Waals surface area contributed by atoms with Crippen LogP contribution in [-0.4, -0.2) is 11.1 Å². The molecule has 1 aromatic heterocycles. The minimum absolute atomic E-state index is 0.0600. The number of amides is 1. The van der Waals surface area contributed by atoms with Gasteiger partial charge in [0.05, 0.1) is 6.04 Å². The average Bonchev–Trinajstić information content (AvgIpc) is 2.86. The molecule has 20 heavy (non-hydrogen) atoms. The monoisotopic (exact) mass is 272 g/mol. The first-order valence-corrected chi connectivity index (χ1v) is 6.93. The molecule has 4 heteroatoms. The topological polar surface area (TPSA) is 55.1 Å². The van der Waals surface area contributed by atoms with Crippen molar-refractivity contribution < 1.29 is 9.32 Å². The van der Waals surface area contributed by atoms with Gasteiger partial charge in [-0.1, -0.05) is 42.8 Å². The van der Waals surface area contributed by atoms with Gasteiger partial charge < -0.3 is 9.84 Å². The Labute approximate surface area is 119 Å². The second-order valence-corrected chi connectivity index (χ2v) is 5.01. The SMILES string of the molecule is CCCc1ccc(C(C)NC(=O)c2cc(C)on2)cc1. The molecular formula is C16H20N2O2. The number of nitrogens with one attached hydrogen (secondary N) is 1. The van der Waals surface area contributed by atoms with Crippen LogP contribution in [0.5, 0.6) is 0 Å². The summed E-state index contributed by atoms with van der Waals surface area (Å²) in [5.41, 5.74) is 2.72. The van der Waals surface area contributed by atoms with Gasteiger partial charge in [0, 0.05) is 6.07 Å². The van der Waals surface area contributed by atoms with Crippen molar-refractivity contribution in [1.29, 1.82) is 0 Å². The van der Waals surface area contributed by atoms with Crippen LogP contribution in [-0.2, 0) is 6.42 Å². The Bertz CT molecular complexity index is 572. The van der Waals surface area contributed by atoms with Gasteiger partial charge in [-0.2, -0.15) is 0 Å². The van der Waals surface area contributed by atoms with Crippen molar-refractivity contribution in [2.24, 2.45) is 0 Å². The predicted molar refractivity (Wildman–Crippen MR) is 77.6 cm³/mol. The predicted octanol–water partition coefficient (Wildman–Crippen LogP) is 3.43. The molecule has 1 heterocycles. The molecule has 0 saturated carbocycles. The molecule has 1 N–H and O–H groups in total. The maximum absolute atomic E-state index is 12.0. The number of hydrogen-bond donors (Lipinski definition) is 1. The summed E-state index contributed by atoms with van der Waals surface area (Å²) in [5.74, 6) is 0.415. The lowest BCUT2D eigenvalue weighted by atomic mass is 10.0. The van der Waals surface area contributed by atoms with Crippen molar-refractivity contribution in [2.75, 3.05) is 0 Å². The summed E-state index contributed by atoms with van der Waals surface area (Å²) in [6, 6.07) is 9.92. The zero-order chi connectivity index (χ0) is 14.5. The smallest absolute Gasteiger partial charge is 0.273 e. The number of aromatic nitrogens is 1. The number of rotatable bonds is 5. The van der Waals surface area contributed by atoms with Gasteiger partial charge in [0.15, 0.2) is 5.69 Å². The van der Waals surface area contributed by atoms with Crippen LogP contribution in [0.3, 0.4) is 0 Å². The van der Waals surface area contributed by atoms with E-state index in [9.17, 15) is 4.79 Å². The quantitative estimate of drug-likeness (QED) is 0.907. The van der Waals surface area contributed by atoms with Crippen molar-refractivity contribution in [2.45, 2.75) is 39.7 Å². The Hall–Kier alpha value is -2.10. The van der Waals surface area contributed by atoms with E-state index in [-0.39, 0.29) is 11.9 Å². The molecule has 0 aliphatic rings. The molecule has 106 valence electrons. The molecule has 1 unspecified atom stereocenters. The molecule has 0 bridgehead atoms. The molecule has 0 fully saturated rings. The lowest BCUT2D eigenvalue weighted by molar-refractivity contribution is 0.0930. The van der Waals surface area contributed by atoms with Crippen molar-refractivity contribution in [3.05, 3.63) is 52.9 Å². The molecule has 1 atom stereocenters. The second kappa shape index (κ2) is 6.37. The van der Waals surface area contributed by atoms with E-state index in [1.165, 1.54) is 5.56 Å². The standard InChI is InChI=1S/C16H20N2O2/c1-4-5-13-6-8-14(9-7-13)12(3)17-16(19)15-10-11(2)20-18-15/h6-10,12H,4-5H2,1-3H3,(H,17,19). The average molecular weight is 272 g/mol. The van der Waals surface area contributed by atoms with E-state index in [1.807, 2.05) is 6.92 Å². The first kappa shape index (κ1) is 14.3. The fraction of sp³-hybridized carbons (Fsp3) is 0.375. The first-order chi connectivity index (χ1) is 9.60. The summed E-state index contributed by atoms with van der Waals surface area (Å²) in [6.07, 6.45) is 2.22. The molecular weight excluding hydrogens is 252 g/mol. The lowest BCUT2D eigenvalue weighted by Gasteiger charge is -2.13. The fourth-order valence-electron chi connectivity index (χ4n) is 2.09. The summed E-state index contributed by atoms with van der Waals surface area (Å²) in [4.78, 5) is 12.0. The Kier molecular flexibility index (Phi) is 4.56. The van der Waals surface area contributed by atoms with E-state index in [0.717, 1.165) is 18.4 Å². The highest BCUT2D eigenvalue weighted by atomic mass is 16.5. The molecule has 4 nitrogen and oxygen atoms in total. The van der Waals surface area contributed by atoms with Crippen LogP contribution in [0.15, 0.2) is 34.9 Å². The first-order valence-electron chi connectivity index (χ1n) is 6.93. The van der Waals surface area contributed by atoms with Gasteiger partial charge in [0.2, 0.25) is 0 Å². The molecule has 2 aromatic rings. The van der Waals surface area contributed by atoms with Crippen molar-refractivity contribution in [1.82, 2.24) is 10.5 Å². The third-order valence-electron chi connectivity index (χ3n) is 3.23. The van der Waals surface area contributed by atoms with Gasteiger partial charge in [-0.25, -0.2) is 0 Å². The van der Waals surface area contributed by atoms with E-state index < -0.39 is 0 Å². The van der Waals surface area contributed by atoms with Crippen LogP contribution in [0.4, 0.5) is 0 Å². The maximum atomic E-state index is 12.0. The molecule has 1 aromatic carbocycles. The second-order valence-electron chi connectivity index (χ2n) is 5.01. The number of aryl methyl sites for hydroxylation is 2. The zero-order valence-corrected chi connectivity index (χ0v) is 12.1. The third kappa shape index (κ3) is 3.47. The van der Waals surface area contributed by atoms with Crippen LogP contribution >= 0.6 is 0 Å². The molecule has 0 spiro atoms. The van der Waals surface area contributed by atoms with Crippen LogP contribution < -0.4 is 5.32 Å². The Morgan fingerprint density at radius 3 is 2.60 bits per heavy atom. The summed E-state index contributed by atoms with van der Waals surface area (Å²) in [7, 11) is 0. The highest BCUT2D eigenvalue weighted by Crippen LogP contribution is 2.15. The van der Waals surface area contributed by atoms with E-state index in [2.05, 4.69) is 41.7 Å². The molecule has 0 radical (unpaired) electrons. The lowest BCUT2D eigenvalue weighted by Crippen LogP contribution is -2.26. The molecule has 0 aliphatic carbocycles. The van der Waals surface area contributed by atoms with E-state index in [1.54, 1.807) is 13.0 Å². The minimum atomic E-state index is -0.216. The summed E-state index contributed by atoms with van der Waals surface area (Å²) in [6.45, 7) is 5.88. The summed E-state index contributed by atoms with van der Waals surface area (Å²) in [5, 5.41) is 6.63. The summed E-state index contributed by atoms with van der Waals surface area (Å²) >= 11 is 0. The number of benzene rings is 1. The van der Waals surface area contributed by atoms with E-state index in [0.29, 0.717) is 11.5 Å². The van der Waals surface area contributed by atoms with E-state index >= 15 is 0 Å². The van der Waals surface area contributed by atoms with Crippen LogP contribution in [0, 0.1) is 6.92 Å². The molecule has 0 saturated heterocycles. The van der Waals surface area contributed by atoms with Crippen molar-refractivity contribution in [3.63, 3.8) is 0 Å². The molecule has 0 aliphatic heterocycles. The van der Waals surface area contributed by atoms with Gasteiger partial charge in [0.25, 0.3) is 5.91 Å². The number of nitrogens with zero attached hydrogens (tertiary/aromatic N) is 1. The Morgan fingerprint density at radius 1 is 1.35 bits per heavy atom. The van der Waals surface area contributed by atoms with Crippen LogP contribution in [0.25, 0.3) is 0 Å². The van der Waals surface area contributed by atoms with Gasteiger partial charge in [-0.15, -0.1) is 0 Å². The van der Waals surface area contributed by atoms with Gasteiger partial charge >= 0.3 is 0 Å². The van der Waals surface area contributed by atoms with Gasteiger partial charge in [-0.05, 0) is 31.4 Å². The fourth-order valence-corrected chi connectivity index (χ4v) is 2.09. The Balaban J connectivity index is 2.00. The number of hydrogen-bond acceptors (Lipinski definition) is 3. The van der Waals surface area contributed by atoms with Gasteiger partial charge in [0.1, 0.15) is 5.76 Å². The zero-order valence-electron chi connectivity index (χ0n) is 12.1. The van der Waals surface area contributed by atoms with E-state index in [4.69, 9.17) is 4.52 Å². The highest BCUT2D eigenvalue weighted by molar-refractivity contribution is 5.92. The van der Waals surface area contributed by atoms with Crippen molar-refractivity contribution >= 4 is 5.91 Å².